The van der Waals surface area contributed by atoms with Gasteiger partial charge < -0.3 is 4.74 Å². The Kier molecular flexibility index (Phi) is 1.93. The molecule has 0 amide bonds. The molecule has 2 rings (SSSR count). The normalized spacial score (nSPS) is 45.9. The van der Waals surface area contributed by atoms with E-state index >= 15 is 0 Å². The highest BCUT2D eigenvalue weighted by molar-refractivity contribution is 14.1. The fourth-order valence-electron chi connectivity index (χ4n) is 2.14. The zero-order chi connectivity index (χ0) is 7.03. The van der Waals surface area contributed by atoms with Crippen LogP contribution in [0.3, 0.4) is 0 Å². The number of halogens is 1. The molecule has 1 spiro atoms. The molecule has 1 saturated carbocycles. The Balaban J connectivity index is 2.01. The van der Waals surface area contributed by atoms with Gasteiger partial charge in [-0.25, -0.2) is 0 Å². The third-order valence-electron chi connectivity index (χ3n) is 3.18. The lowest BCUT2D eigenvalue weighted by atomic mass is 9.60. The summed E-state index contributed by atoms with van der Waals surface area (Å²) in [5.74, 6) is 0.982. The van der Waals surface area contributed by atoms with Crippen LogP contribution in [0, 0.1) is 11.3 Å². The van der Waals surface area contributed by atoms with Gasteiger partial charge in [-0.3, -0.25) is 0 Å². The Morgan fingerprint density at radius 3 is 2.80 bits per heavy atom. The molecule has 1 saturated heterocycles. The maximum absolute atomic E-state index is 5.43. The molecule has 58 valence electrons. The molecule has 0 aromatic rings. The summed E-state index contributed by atoms with van der Waals surface area (Å²) in [6.07, 6.45) is 4.22. The molecular formula is C8H13IO. The summed E-state index contributed by atoms with van der Waals surface area (Å²) >= 11 is 2.51. The van der Waals surface area contributed by atoms with Gasteiger partial charge in [0.25, 0.3) is 0 Å². The van der Waals surface area contributed by atoms with Gasteiger partial charge in [0.05, 0.1) is 6.61 Å². The fraction of sp³-hybridized carbons (Fsp3) is 1.00. The van der Waals surface area contributed by atoms with Crippen molar-refractivity contribution in [3.05, 3.63) is 0 Å². The first-order valence-corrected chi connectivity index (χ1v) is 5.54. The van der Waals surface area contributed by atoms with Gasteiger partial charge in [-0.2, -0.15) is 0 Å². The van der Waals surface area contributed by atoms with Gasteiger partial charge in [0, 0.05) is 11.0 Å². The molecule has 0 aromatic heterocycles. The molecule has 2 unspecified atom stereocenters. The van der Waals surface area contributed by atoms with Crippen LogP contribution in [-0.2, 0) is 4.74 Å². The molecular weight excluding hydrogens is 239 g/mol. The lowest BCUT2D eigenvalue weighted by Crippen LogP contribution is -2.41. The molecule has 2 fully saturated rings. The van der Waals surface area contributed by atoms with E-state index in [4.69, 9.17) is 4.74 Å². The minimum Gasteiger partial charge on any atom is -0.381 e. The summed E-state index contributed by atoms with van der Waals surface area (Å²) in [6, 6.07) is 0. The smallest absolute Gasteiger partial charge is 0.0526 e. The molecule has 0 radical (unpaired) electrons. The van der Waals surface area contributed by atoms with E-state index in [-0.39, 0.29) is 0 Å². The largest absolute Gasteiger partial charge is 0.381 e. The van der Waals surface area contributed by atoms with Crippen LogP contribution < -0.4 is 0 Å². The van der Waals surface area contributed by atoms with E-state index in [0.29, 0.717) is 5.41 Å². The molecule has 0 aromatic carbocycles. The Hall–Kier alpha value is 0.690. The van der Waals surface area contributed by atoms with Crippen LogP contribution in [0.5, 0.6) is 0 Å². The van der Waals surface area contributed by atoms with Gasteiger partial charge in [-0.05, 0) is 30.6 Å². The molecule has 1 aliphatic carbocycles. The second kappa shape index (κ2) is 2.63. The second-order valence-electron chi connectivity index (χ2n) is 3.55. The zero-order valence-corrected chi connectivity index (χ0v) is 8.26. The van der Waals surface area contributed by atoms with E-state index in [1.807, 2.05) is 0 Å². The van der Waals surface area contributed by atoms with E-state index < -0.39 is 0 Å². The number of hydrogen-bond donors (Lipinski definition) is 0. The average molecular weight is 252 g/mol. The lowest BCUT2D eigenvalue weighted by Gasteiger charge is -2.45. The van der Waals surface area contributed by atoms with Crippen LogP contribution in [0.1, 0.15) is 19.3 Å². The SMILES string of the molecule is ICC1CCC12CCOC2. The van der Waals surface area contributed by atoms with Crippen molar-refractivity contribution in [1.29, 1.82) is 0 Å². The standard InChI is InChI=1S/C8H13IO/c9-5-7-1-2-8(7)3-4-10-6-8/h7H,1-6H2. The maximum atomic E-state index is 5.43. The van der Waals surface area contributed by atoms with Crippen LogP contribution in [0.25, 0.3) is 0 Å². The molecule has 1 aliphatic heterocycles. The molecule has 2 aliphatic rings. The molecule has 2 atom stereocenters. The summed E-state index contributed by atoms with van der Waals surface area (Å²) in [5, 5.41) is 0. The summed E-state index contributed by atoms with van der Waals surface area (Å²) in [6.45, 7) is 2.08. The van der Waals surface area contributed by atoms with Crippen LogP contribution in [0.15, 0.2) is 0 Å². The first-order chi connectivity index (χ1) is 4.87. The Morgan fingerprint density at radius 2 is 2.40 bits per heavy atom. The summed E-state index contributed by atoms with van der Waals surface area (Å²) in [4.78, 5) is 0. The molecule has 10 heavy (non-hydrogen) atoms. The van der Waals surface area contributed by atoms with Gasteiger partial charge in [-0.15, -0.1) is 0 Å². The second-order valence-corrected chi connectivity index (χ2v) is 4.44. The Morgan fingerprint density at radius 1 is 1.50 bits per heavy atom. The van der Waals surface area contributed by atoms with E-state index in [1.165, 1.54) is 23.7 Å². The molecule has 1 heterocycles. The maximum Gasteiger partial charge on any atom is 0.0526 e. The van der Waals surface area contributed by atoms with E-state index in [0.717, 1.165) is 19.1 Å². The monoisotopic (exact) mass is 252 g/mol. The molecule has 1 nitrogen and oxygen atoms in total. The quantitative estimate of drug-likeness (QED) is 0.513. The highest BCUT2D eigenvalue weighted by Crippen LogP contribution is 2.52. The van der Waals surface area contributed by atoms with E-state index in [9.17, 15) is 0 Å². The Labute approximate surface area is 75.7 Å². The number of alkyl halides is 1. The van der Waals surface area contributed by atoms with Gasteiger partial charge in [0.15, 0.2) is 0 Å². The van der Waals surface area contributed by atoms with Gasteiger partial charge in [-0.1, -0.05) is 22.6 Å². The minimum absolute atomic E-state index is 0.654. The van der Waals surface area contributed by atoms with Crippen molar-refractivity contribution in [2.45, 2.75) is 19.3 Å². The number of ether oxygens (including phenoxy) is 1. The first kappa shape index (κ1) is 7.35. The third-order valence-corrected chi connectivity index (χ3v) is 4.24. The van der Waals surface area contributed by atoms with Crippen LogP contribution >= 0.6 is 22.6 Å². The Bertz CT molecular complexity index is 127. The van der Waals surface area contributed by atoms with Crippen molar-refractivity contribution >= 4 is 22.6 Å². The average Bonchev–Trinajstić information content (AvgIpc) is 2.35. The zero-order valence-electron chi connectivity index (χ0n) is 6.11. The first-order valence-electron chi connectivity index (χ1n) is 4.01. The number of hydrogen-bond acceptors (Lipinski definition) is 1. The van der Waals surface area contributed by atoms with Crippen molar-refractivity contribution in [3.63, 3.8) is 0 Å². The van der Waals surface area contributed by atoms with Crippen molar-refractivity contribution in [2.24, 2.45) is 11.3 Å². The van der Waals surface area contributed by atoms with Crippen molar-refractivity contribution in [3.8, 4) is 0 Å². The van der Waals surface area contributed by atoms with Gasteiger partial charge in [0.2, 0.25) is 0 Å². The summed E-state index contributed by atoms with van der Waals surface area (Å²) < 4.78 is 6.77. The predicted molar refractivity (Wildman–Crippen MR) is 49.5 cm³/mol. The van der Waals surface area contributed by atoms with E-state index in [2.05, 4.69) is 22.6 Å². The van der Waals surface area contributed by atoms with Crippen LogP contribution in [0.4, 0.5) is 0 Å². The predicted octanol–water partition coefficient (Wildman–Crippen LogP) is 2.24. The van der Waals surface area contributed by atoms with Crippen molar-refractivity contribution in [2.75, 3.05) is 17.6 Å². The van der Waals surface area contributed by atoms with Crippen LogP contribution in [0.2, 0.25) is 0 Å². The summed E-state index contributed by atoms with van der Waals surface area (Å²) in [5.41, 5.74) is 0.654. The fourth-order valence-corrected chi connectivity index (χ4v) is 3.51. The van der Waals surface area contributed by atoms with Gasteiger partial charge in [0.1, 0.15) is 0 Å². The molecule has 0 bridgehead atoms. The minimum atomic E-state index is 0.654. The highest BCUT2D eigenvalue weighted by Gasteiger charge is 2.48. The van der Waals surface area contributed by atoms with Crippen molar-refractivity contribution in [1.82, 2.24) is 0 Å². The highest BCUT2D eigenvalue weighted by atomic mass is 127. The molecule has 0 N–H and O–H groups in total. The third kappa shape index (κ3) is 0.916. The van der Waals surface area contributed by atoms with Gasteiger partial charge >= 0.3 is 0 Å². The number of rotatable bonds is 1. The van der Waals surface area contributed by atoms with Crippen LogP contribution in [-0.4, -0.2) is 17.6 Å². The van der Waals surface area contributed by atoms with Crippen molar-refractivity contribution < 1.29 is 4.74 Å². The van der Waals surface area contributed by atoms with E-state index in [1.54, 1.807) is 0 Å². The molecule has 2 heteroatoms. The summed E-state index contributed by atoms with van der Waals surface area (Å²) in [7, 11) is 0. The lowest BCUT2D eigenvalue weighted by molar-refractivity contribution is 0.0329. The topological polar surface area (TPSA) is 9.23 Å².